The standard InChI is InChI=1S/C17H20O5/c1-4-21-15(19)17(16(20)22-5-2)13(11(3)18)14(17)12-9-7-6-8-10-12/h6-10,13-14H,4-5H2,1-3H3/t13-,14-/m0/s1. The number of Topliss-reactive ketones (excluding diaryl/α,β-unsaturated/α-hetero) is 1. The normalized spacial score (nSPS) is 21.8. The van der Waals surface area contributed by atoms with Gasteiger partial charge in [-0.05, 0) is 26.3 Å². The van der Waals surface area contributed by atoms with E-state index in [4.69, 9.17) is 9.47 Å². The molecule has 0 heterocycles. The van der Waals surface area contributed by atoms with Crippen molar-refractivity contribution in [2.75, 3.05) is 13.2 Å². The Kier molecular flexibility index (Phi) is 4.64. The molecule has 2 atom stereocenters. The van der Waals surface area contributed by atoms with Gasteiger partial charge in [0, 0.05) is 5.92 Å². The van der Waals surface area contributed by atoms with Gasteiger partial charge in [-0.2, -0.15) is 0 Å². The van der Waals surface area contributed by atoms with Gasteiger partial charge in [-0.1, -0.05) is 30.3 Å². The first-order chi connectivity index (χ1) is 10.5. The number of benzene rings is 1. The van der Waals surface area contributed by atoms with Gasteiger partial charge < -0.3 is 9.47 Å². The molecule has 0 amide bonds. The average Bonchev–Trinajstić information content (AvgIpc) is 3.20. The summed E-state index contributed by atoms with van der Waals surface area (Å²) in [7, 11) is 0. The van der Waals surface area contributed by atoms with Crippen LogP contribution in [0, 0.1) is 11.3 Å². The predicted octanol–water partition coefficient (Wildman–Crippen LogP) is 2.10. The zero-order valence-electron chi connectivity index (χ0n) is 13.0. The molecule has 0 unspecified atom stereocenters. The van der Waals surface area contributed by atoms with Crippen LogP contribution in [0.4, 0.5) is 0 Å². The maximum absolute atomic E-state index is 12.5. The van der Waals surface area contributed by atoms with Crippen LogP contribution in [-0.4, -0.2) is 30.9 Å². The van der Waals surface area contributed by atoms with E-state index in [1.807, 2.05) is 18.2 Å². The van der Waals surface area contributed by atoms with Crippen molar-refractivity contribution in [2.45, 2.75) is 26.7 Å². The van der Waals surface area contributed by atoms with Gasteiger partial charge in [-0.25, -0.2) is 0 Å². The highest BCUT2D eigenvalue weighted by molar-refractivity contribution is 6.12. The van der Waals surface area contributed by atoms with Crippen LogP contribution in [0.25, 0.3) is 0 Å². The second-order valence-electron chi connectivity index (χ2n) is 5.29. The molecular formula is C17H20O5. The monoisotopic (exact) mass is 304 g/mol. The molecule has 1 aromatic carbocycles. The number of rotatable bonds is 6. The summed E-state index contributed by atoms with van der Waals surface area (Å²) in [4.78, 5) is 36.9. The van der Waals surface area contributed by atoms with Gasteiger partial charge in [0.1, 0.15) is 5.78 Å². The molecule has 0 N–H and O–H groups in total. The lowest BCUT2D eigenvalue weighted by molar-refractivity contribution is -0.166. The van der Waals surface area contributed by atoms with Crippen LogP contribution in [0.15, 0.2) is 30.3 Å². The largest absolute Gasteiger partial charge is 0.465 e. The van der Waals surface area contributed by atoms with Crippen molar-refractivity contribution >= 4 is 17.7 Å². The maximum Gasteiger partial charge on any atom is 0.324 e. The van der Waals surface area contributed by atoms with Crippen molar-refractivity contribution < 1.29 is 23.9 Å². The highest BCUT2D eigenvalue weighted by atomic mass is 16.6. The molecule has 0 spiro atoms. The smallest absolute Gasteiger partial charge is 0.324 e. The summed E-state index contributed by atoms with van der Waals surface area (Å²) in [5, 5.41) is 0. The third-order valence-electron chi connectivity index (χ3n) is 4.03. The molecular weight excluding hydrogens is 284 g/mol. The average molecular weight is 304 g/mol. The van der Waals surface area contributed by atoms with Gasteiger partial charge >= 0.3 is 11.9 Å². The van der Waals surface area contributed by atoms with Gasteiger partial charge in [0.05, 0.1) is 19.1 Å². The Bertz CT molecular complexity index is 560. The third-order valence-corrected chi connectivity index (χ3v) is 4.03. The van der Waals surface area contributed by atoms with Crippen LogP contribution in [0.1, 0.15) is 32.3 Å². The number of hydrogen-bond donors (Lipinski definition) is 0. The molecule has 1 aliphatic carbocycles. The summed E-state index contributed by atoms with van der Waals surface area (Å²) in [5.41, 5.74) is -0.775. The van der Waals surface area contributed by atoms with E-state index in [-0.39, 0.29) is 19.0 Å². The van der Waals surface area contributed by atoms with Crippen LogP contribution in [0.3, 0.4) is 0 Å². The zero-order chi connectivity index (χ0) is 16.3. The number of ether oxygens (including phenoxy) is 2. The number of ketones is 1. The predicted molar refractivity (Wildman–Crippen MR) is 79.1 cm³/mol. The Morgan fingerprint density at radius 3 is 1.91 bits per heavy atom. The summed E-state index contributed by atoms with van der Waals surface area (Å²) in [6, 6.07) is 9.07. The highest BCUT2D eigenvalue weighted by Crippen LogP contribution is 2.66. The van der Waals surface area contributed by atoms with Crippen LogP contribution in [-0.2, 0) is 23.9 Å². The topological polar surface area (TPSA) is 69.7 Å². The minimum Gasteiger partial charge on any atom is -0.465 e. The van der Waals surface area contributed by atoms with E-state index >= 15 is 0 Å². The van der Waals surface area contributed by atoms with Crippen molar-refractivity contribution in [3.63, 3.8) is 0 Å². The van der Waals surface area contributed by atoms with E-state index in [2.05, 4.69) is 0 Å². The summed E-state index contributed by atoms with van der Waals surface area (Å²) in [6.45, 7) is 5.01. The molecule has 0 aliphatic heterocycles. The highest BCUT2D eigenvalue weighted by Gasteiger charge is 2.78. The Morgan fingerprint density at radius 2 is 1.50 bits per heavy atom. The number of hydrogen-bond acceptors (Lipinski definition) is 5. The van der Waals surface area contributed by atoms with E-state index in [9.17, 15) is 14.4 Å². The van der Waals surface area contributed by atoms with E-state index < -0.39 is 29.2 Å². The van der Waals surface area contributed by atoms with Gasteiger partial charge in [0.15, 0.2) is 5.41 Å². The SMILES string of the molecule is CCOC(=O)C1(C(=O)OCC)[C@@H](C(C)=O)[C@@H]1c1ccccc1. The van der Waals surface area contributed by atoms with Gasteiger partial charge in [0.25, 0.3) is 0 Å². The number of carbonyl (C=O) groups excluding carboxylic acids is 3. The minimum absolute atomic E-state index is 0.145. The Balaban J connectivity index is 2.48. The third kappa shape index (κ3) is 2.40. The van der Waals surface area contributed by atoms with Crippen molar-refractivity contribution in [1.82, 2.24) is 0 Å². The first-order valence-corrected chi connectivity index (χ1v) is 7.41. The van der Waals surface area contributed by atoms with Gasteiger partial charge in [0.2, 0.25) is 0 Å². The van der Waals surface area contributed by atoms with Crippen LogP contribution >= 0.6 is 0 Å². The molecule has 0 saturated heterocycles. The Labute approximate surface area is 129 Å². The molecule has 1 saturated carbocycles. The minimum atomic E-state index is -1.54. The van der Waals surface area contributed by atoms with E-state index in [0.717, 1.165) is 5.56 Å². The number of esters is 2. The lowest BCUT2D eigenvalue weighted by atomic mass is 9.98. The molecule has 5 nitrogen and oxygen atoms in total. The van der Waals surface area contributed by atoms with E-state index in [1.54, 1.807) is 26.0 Å². The Morgan fingerprint density at radius 1 is 1.00 bits per heavy atom. The second-order valence-corrected chi connectivity index (χ2v) is 5.29. The maximum atomic E-state index is 12.5. The van der Waals surface area contributed by atoms with Crippen LogP contribution in [0.2, 0.25) is 0 Å². The fourth-order valence-electron chi connectivity index (χ4n) is 3.15. The molecule has 0 radical (unpaired) electrons. The summed E-state index contributed by atoms with van der Waals surface area (Å²) in [5.74, 6) is -2.82. The molecule has 1 aromatic rings. The van der Waals surface area contributed by atoms with Gasteiger partial charge in [-0.3, -0.25) is 14.4 Å². The zero-order valence-corrected chi connectivity index (χ0v) is 13.0. The summed E-state index contributed by atoms with van der Waals surface area (Å²) in [6.07, 6.45) is 0. The molecule has 0 aromatic heterocycles. The van der Waals surface area contributed by atoms with Crippen molar-refractivity contribution in [3.05, 3.63) is 35.9 Å². The molecule has 22 heavy (non-hydrogen) atoms. The summed E-state index contributed by atoms with van der Waals surface area (Å²) >= 11 is 0. The molecule has 5 heteroatoms. The lowest BCUT2D eigenvalue weighted by Gasteiger charge is -2.15. The lowest BCUT2D eigenvalue weighted by Crippen LogP contribution is -2.34. The van der Waals surface area contributed by atoms with Crippen molar-refractivity contribution in [1.29, 1.82) is 0 Å². The molecule has 0 bridgehead atoms. The molecule has 1 aliphatic rings. The molecule has 1 fully saturated rings. The van der Waals surface area contributed by atoms with Crippen LogP contribution < -0.4 is 0 Å². The molecule has 2 rings (SSSR count). The van der Waals surface area contributed by atoms with Crippen molar-refractivity contribution in [2.24, 2.45) is 11.3 Å². The number of carbonyl (C=O) groups is 3. The van der Waals surface area contributed by atoms with Gasteiger partial charge in [-0.15, -0.1) is 0 Å². The second kappa shape index (κ2) is 6.30. The van der Waals surface area contributed by atoms with E-state index in [0.29, 0.717) is 0 Å². The summed E-state index contributed by atoms with van der Waals surface area (Å²) < 4.78 is 10.2. The van der Waals surface area contributed by atoms with Crippen molar-refractivity contribution in [3.8, 4) is 0 Å². The fourth-order valence-corrected chi connectivity index (χ4v) is 3.15. The Hall–Kier alpha value is -2.17. The first-order valence-electron chi connectivity index (χ1n) is 7.41. The quantitative estimate of drug-likeness (QED) is 0.594. The molecule has 118 valence electrons. The fraction of sp³-hybridized carbons (Fsp3) is 0.471. The van der Waals surface area contributed by atoms with E-state index in [1.165, 1.54) is 6.92 Å². The first kappa shape index (κ1) is 16.2. The van der Waals surface area contributed by atoms with Crippen LogP contribution in [0.5, 0.6) is 0 Å².